The highest BCUT2D eigenvalue weighted by molar-refractivity contribution is 9.10. The van der Waals surface area contributed by atoms with Crippen LogP contribution in [0.25, 0.3) is 0 Å². The molecular formula is C8H11BrN2O. The molecule has 0 aliphatic heterocycles. The minimum absolute atomic E-state index is 0.381. The van der Waals surface area contributed by atoms with Gasteiger partial charge in [0.05, 0.1) is 12.1 Å². The Labute approximate surface area is 79.7 Å². The van der Waals surface area contributed by atoms with Crippen LogP contribution >= 0.6 is 15.9 Å². The summed E-state index contributed by atoms with van der Waals surface area (Å²) in [5.74, 6) is 0. The van der Waals surface area contributed by atoms with Crippen LogP contribution in [0, 0.1) is 0 Å². The van der Waals surface area contributed by atoms with Gasteiger partial charge in [-0.3, -0.25) is 0 Å². The molecule has 1 aromatic heterocycles. The summed E-state index contributed by atoms with van der Waals surface area (Å²) in [7, 11) is 0. The first-order valence-corrected chi connectivity index (χ1v) is 4.46. The summed E-state index contributed by atoms with van der Waals surface area (Å²) in [5, 5.41) is 9.23. The van der Waals surface area contributed by atoms with E-state index in [-0.39, 0.29) is 6.04 Å². The molecular weight excluding hydrogens is 220 g/mol. The van der Waals surface area contributed by atoms with Crippen molar-refractivity contribution in [3.8, 4) is 0 Å². The van der Waals surface area contributed by atoms with Crippen LogP contribution in [0.4, 0.5) is 0 Å². The molecule has 0 saturated heterocycles. The number of hydrogen-bond donors (Lipinski definition) is 2. The molecule has 0 saturated carbocycles. The van der Waals surface area contributed by atoms with Gasteiger partial charge in [-0.2, -0.15) is 0 Å². The lowest BCUT2D eigenvalue weighted by Gasteiger charge is -2.15. The highest BCUT2D eigenvalue weighted by Gasteiger charge is 2.14. The molecule has 0 aromatic carbocycles. The van der Waals surface area contributed by atoms with Gasteiger partial charge in [-0.25, -0.2) is 4.98 Å². The van der Waals surface area contributed by atoms with Gasteiger partial charge in [0, 0.05) is 11.8 Å². The normalized spacial score (nSPS) is 15.7. The van der Waals surface area contributed by atoms with E-state index in [9.17, 15) is 5.11 Å². The first kappa shape index (κ1) is 9.64. The van der Waals surface area contributed by atoms with E-state index in [2.05, 4.69) is 20.9 Å². The van der Waals surface area contributed by atoms with Gasteiger partial charge in [0.25, 0.3) is 0 Å². The molecule has 0 spiro atoms. The summed E-state index contributed by atoms with van der Waals surface area (Å²) < 4.78 is 0.693. The molecule has 2 atom stereocenters. The van der Waals surface area contributed by atoms with Crippen LogP contribution in [0.2, 0.25) is 0 Å². The third-order valence-corrected chi connectivity index (χ3v) is 2.33. The van der Waals surface area contributed by atoms with Gasteiger partial charge >= 0.3 is 0 Å². The van der Waals surface area contributed by atoms with E-state index >= 15 is 0 Å². The van der Waals surface area contributed by atoms with Crippen molar-refractivity contribution in [1.29, 1.82) is 0 Å². The fourth-order valence-corrected chi connectivity index (χ4v) is 1.42. The second-order valence-electron chi connectivity index (χ2n) is 2.65. The van der Waals surface area contributed by atoms with Crippen molar-refractivity contribution in [3.63, 3.8) is 0 Å². The van der Waals surface area contributed by atoms with Crippen molar-refractivity contribution in [3.05, 3.63) is 28.5 Å². The topological polar surface area (TPSA) is 59.1 Å². The standard InChI is InChI=1S/C8H11BrN2O/c1-5(12)7(10)6-3-2-4-11-8(6)9/h2-5,7,12H,10H2,1H3/t5?,7-/m0/s1. The first-order chi connectivity index (χ1) is 5.63. The van der Waals surface area contributed by atoms with Gasteiger partial charge in [0.1, 0.15) is 4.60 Å². The second-order valence-corrected chi connectivity index (χ2v) is 3.40. The van der Waals surface area contributed by atoms with Crippen LogP contribution in [0.5, 0.6) is 0 Å². The zero-order chi connectivity index (χ0) is 9.14. The molecule has 3 N–H and O–H groups in total. The summed E-state index contributed by atoms with van der Waals surface area (Å²) in [6, 6.07) is 3.25. The van der Waals surface area contributed by atoms with Crippen LogP contribution in [-0.2, 0) is 0 Å². The minimum atomic E-state index is -0.564. The zero-order valence-electron chi connectivity index (χ0n) is 6.74. The van der Waals surface area contributed by atoms with Gasteiger partial charge in [-0.05, 0) is 28.9 Å². The largest absolute Gasteiger partial charge is 0.391 e. The number of hydrogen-bond acceptors (Lipinski definition) is 3. The van der Waals surface area contributed by atoms with Gasteiger partial charge in [0.2, 0.25) is 0 Å². The first-order valence-electron chi connectivity index (χ1n) is 3.67. The maximum atomic E-state index is 9.23. The van der Waals surface area contributed by atoms with E-state index in [0.717, 1.165) is 5.56 Å². The molecule has 0 fully saturated rings. The Kier molecular flexibility index (Phi) is 3.20. The number of nitrogens with two attached hydrogens (primary N) is 1. The van der Waals surface area contributed by atoms with Crippen molar-refractivity contribution >= 4 is 15.9 Å². The molecule has 0 amide bonds. The van der Waals surface area contributed by atoms with E-state index in [1.54, 1.807) is 19.2 Å². The van der Waals surface area contributed by atoms with E-state index in [1.165, 1.54) is 0 Å². The predicted octanol–water partition coefficient (Wildman–Crippen LogP) is 1.22. The number of aliphatic hydroxyl groups excluding tert-OH is 1. The number of halogens is 1. The molecule has 0 aliphatic rings. The quantitative estimate of drug-likeness (QED) is 0.752. The van der Waals surface area contributed by atoms with Crippen molar-refractivity contribution in [2.24, 2.45) is 5.73 Å². The Balaban J connectivity index is 2.94. The number of rotatable bonds is 2. The smallest absolute Gasteiger partial charge is 0.110 e. The number of aliphatic hydroxyl groups is 1. The lowest BCUT2D eigenvalue weighted by molar-refractivity contribution is 0.164. The number of pyridine rings is 1. The van der Waals surface area contributed by atoms with Crippen molar-refractivity contribution in [2.75, 3.05) is 0 Å². The van der Waals surface area contributed by atoms with Crippen LogP contribution in [0.15, 0.2) is 22.9 Å². The summed E-state index contributed by atoms with van der Waals surface area (Å²) in [6.07, 6.45) is 1.10. The van der Waals surface area contributed by atoms with E-state index in [0.29, 0.717) is 4.60 Å². The molecule has 0 aliphatic carbocycles. The highest BCUT2D eigenvalue weighted by atomic mass is 79.9. The number of nitrogens with zero attached hydrogens (tertiary/aromatic N) is 1. The van der Waals surface area contributed by atoms with Gasteiger partial charge in [-0.1, -0.05) is 6.07 Å². The zero-order valence-corrected chi connectivity index (χ0v) is 8.32. The number of aromatic nitrogens is 1. The van der Waals surface area contributed by atoms with Crippen LogP contribution in [-0.4, -0.2) is 16.2 Å². The SMILES string of the molecule is CC(O)[C@H](N)c1cccnc1Br. The summed E-state index contributed by atoms with van der Waals surface area (Å²) in [6.45, 7) is 1.66. The summed E-state index contributed by atoms with van der Waals surface area (Å²) in [4.78, 5) is 4.01. The van der Waals surface area contributed by atoms with Crippen LogP contribution in [0.3, 0.4) is 0 Å². The van der Waals surface area contributed by atoms with Gasteiger partial charge in [-0.15, -0.1) is 0 Å². The molecule has 3 nitrogen and oxygen atoms in total. The lowest BCUT2D eigenvalue weighted by atomic mass is 10.1. The Hall–Kier alpha value is -0.450. The fraction of sp³-hybridized carbons (Fsp3) is 0.375. The Morgan fingerprint density at radius 3 is 2.83 bits per heavy atom. The highest BCUT2D eigenvalue weighted by Crippen LogP contribution is 2.21. The van der Waals surface area contributed by atoms with E-state index in [1.807, 2.05) is 6.07 Å². The Bertz CT molecular complexity index is 265. The monoisotopic (exact) mass is 230 g/mol. The molecule has 1 heterocycles. The Morgan fingerprint density at radius 2 is 2.33 bits per heavy atom. The molecule has 1 rings (SSSR count). The summed E-state index contributed by atoms with van der Waals surface area (Å²) >= 11 is 3.26. The van der Waals surface area contributed by atoms with Gasteiger partial charge in [0.15, 0.2) is 0 Å². The second kappa shape index (κ2) is 3.98. The van der Waals surface area contributed by atoms with Gasteiger partial charge < -0.3 is 10.8 Å². The van der Waals surface area contributed by atoms with E-state index in [4.69, 9.17) is 5.73 Å². The molecule has 1 aromatic rings. The van der Waals surface area contributed by atoms with Crippen molar-refractivity contribution < 1.29 is 5.11 Å². The van der Waals surface area contributed by atoms with Crippen molar-refractivity contribution in [2.45, 2.75) is 19.1 Å². The van der Waals surface area contributed by atoms with Crippen LogP contribution < -0.4 is 5.73 Å². The van der Waals surface area contributed by atoms with E-state index < -0.39 is 6.10 Å². The molecule has 0 radical (unpaired) electrons. The third-order valence-electron chi connectivity index (χ3n) is 1.67. The predicted molar refractivity (Wildman–Crippen MR) is 50.5 cm³/mol. The molecule has 1 unspecified atom stereocenters. The Morgan fingerprint density at radius 1 is 1.67 bits per heavy atom. The maximum absolute atomic E-state index is 9.23. The van der Waals surface area contributed by atoms with Crippen molar-refractivity contribution in [1.82, 2.24) is 4.98 Å². The molecule has 12 heavy (non-hydrogen) atoms. The summed E-state index contributed by atoms with van der Waals surface area (Å²) in [5.41, 5.74) is 6.55. The molecule has 4 heteroatoms. The average molecular weight is 231 g/mol. The maximum Gasteiger partial charge on any atom is 0.110 e. The van der Waals surface area contributed by atoms with Crippen LogP contribution in [0.1, 0.15) is 18.5 Å². The average Bonchev–Trinajstić information content (AvgIpc) is 2.04. The molecule has 66 valence electrons. The fourth-order valence-electron chi connectivity index (χ4n) is 0.907. The molecule has 0 bridgehead atoms. The third kappa shape index (κ3) is 2.03. The minimum Gasteiger partial charge on any atom is -0.391 e. The lowest BCUT2D eigenvalue weighted by Crippen LogP contribution is -2.23.